The van der Waals surface area contributed by atoms with Crippen LogP contribution >= 0.6 is 0 Å². The smallest absolute Gasteiger partial charge is 0.0849 e. The summed E-state index contributed by atoms with van der Waals surface area (Å²) >= 11 is 0. The van der Waals surface area contributed by atoms with Crippen LogP contribution in [0.25, 0.3) is 10.9 Å². The van der Waals surface area contributed by atoms with E-state index in [1.165, 1.54) is 0 Å². The third-order valence-electron chi connectivity index (χ3n) is 2.45. The second kappa shape index (κ2) is 3.73. The highest BCUT2D eigenvalue weighted by molar-refractivity contribution is 5.78. The van der Waals surface area contributed by atoms with E-state index < -0.39 is 0 Å². The van der Waals surface area contributed by atoms with Crippen molar-refractivity contribution >= 4 is 10.9 Å². The third-order valence-corrected chi connectivity index (χ3v) is 2.45. The first-order valence-corrected chi connectivity index (χ1v) is 5.10. The van der Waals surface area contributed by atoms with E-state index in [2.05, 4.69) is 27.4 Å². The van der Waals surface area contributed by atoms with Gasteiger partial charge in [-0.05, 0) is 12.1 Å². The molecule has 0 saturated heterocycles. The number of fused-ring (bicyclic) bond motifs is 1. The number of nitrogens with zero attached hydrogens (tertiary/aromatic N) is 4. The van der Waals surface area contributed by atoms with Crippen molar-refractivity contribution < 1.29 is 0 Å². The standard InChI is InChI=1S/C12H10N4/c1-2-4-12-10(3-1)5-6-11(14-12)9-16-8-7-13-15-16/h1-8H,9H2. The first-order valence-electron chi connectivity index (χ1n) is 5.10. The van der Waals surface area contributed by atoms with Gasteiger partial charge in [-0.25, -0.2) is 4.68 Å². The lowest BCUT2D eigenvalue weighted by Gasteiger charge is -2.02. The van der Waals surface area contributed by atoms with Crippen LogP contribution in [0, 0.1) is 0 Å². The molecule has 2 heterocycles. The van der Waals surface area contributed by atoms with E-state index in [0.717, 1.165) is 16.6 Å². The molecule has 0 amide bonds. The second-order valence-electron chi connectivity index (χ2n) is 3.60. The van der Waals surface area contributed by atoms with Crippen molar-refractivity contribution in [3.05, 3.63) is 54.5 Å². The van der Waals surface area contributed by atoms with Gasteiger partial charge in [-0.15, -0.1) is 5.10 Å². The lowest BCUT2D eigenvalue weighted by Crippen LogP contribution is -2.02. The topological polar surface area (TPSA) is 43.6 Å². The molecule has 3 rings (SSSR count). The Kier molecular flexibility index (Phi) is 2.11. The third kappa shape index (κ3) is 1.65. The summed E-state index contributed by atoms with van der Waals surface area (Å²) < 4.78 is 1.76. The van der Waals surface area contributed by atoms with E-state index in [-0.39, 0.29) is 0 Å². The van der Waals surface area contributed by atoms with Crippen molar-refractivity contribution in [2.45, 2.75) is 6.54 Å². The molecule has 0 atom stereocenters. The molecule has 1 aromatic carbocycles. The second-order valence-corrected chi connectivity index (χ2v) is 3.60. The summed E-state index contributed by atoms with van der Waals surface area (Å²) in [6.45, 7) is 0.658. The number of rotatable bonds is 2. The molecule has 0 unspecified atom stereocenters. The largest absolute Gasteiger partial charge is 0.251 e. The molecular formula is C12H10N4. The van der Waals surface area contributed by atoms with Gasteiger partial charge < -0.3 is 0 Å². The molecule has 0 radical (unpaired) electrons. The predicted molar refractivity (Wildman–Crippen MR) is 60.9 cm³/mol. The van der Waals surface area contributed by atoms with Crippen LogP contribution in [-0.4, -0.2) is 20.0 Å². The average molecular weight is 210 g/mol. The monoisotopic (exact) mass is 210 g/mol. The zero-order valence-electron chi connectivity index (χ0n) is 8.61. The van der Waals surface area contributed by atoms with Gasteiger partial charge in [-0.1, -0.05) is 29.5 Å². The zero-order chi connectivity index (χ0) is 10.8. The molecule has 16 heavy (non-hydrogen) atoms. The summed E-state index contributed by atoms with van der Waals surface area (Å²) in [5, 5.41) is 8.84. The molecule has 0 fully saturated rings. The number of hydrogen-bond acceptors (Lipinski definition) is 3. The normalized spacial score (nSPS) is 10.8. The Hall–Kier alpha value is -2.23. The number of pyridine rings is 1. The quantitative estimate of drug-likeness (QED) is 0.648. The van der Waals surface area contributed by atoms with Gasteiger partial charge in [-0.3, -0.25) is 4.98 Å². The lowest BCUT2D eigenvalue weighted by atomic mass is 10.2. The van der Waals surface area contributed by atoms with Gasteiger partial charge in [0, 0.05) is 11.6 Å². The van der Waals surface area contributed by atoms with Crippen molar-refractivity contribution in [3.8, 4) is 0 Å². The van der Waals surface area contributed by atoms with Gasteiger partial charge in [0.05, 0.1) is 24.0 Å². The molecule has 0 saturated carbocycles. The van der Waals surface area contributed by atoms with E-state index in [1.54, 1.807) is 10.9 Å². The van der Waals surface area contributed by atoms with Gasteiger partial charge in [-0.2, -0.15) is 0 Å². The maximum Gasteiger partial charge on any atom is 0.0849 e. The Bertz CT molecular complexity index is 601. The first kappa shape index (κ1) is 9.03. The summed E-state index contributed by atoms with van der Waals surface area (Å²) in [5.41, 5.74) is 2.00. The average Bonchev–Trinajstić information content (AvgIpc) is 2.82. The van der Waals surface area contributed by atoms with E-state index in [4.69, 9.17) is 0 Å². The molecule has 0 aliphatic heterocycles. The highest BCUT2D eigenvalue weighted by atomic mass is 15.4. The Labute approximate surface area is 92.6 Å². The van der Waals surface area contributed by atoms with Crippen LogP contribution in [0.3, 0.4) is 0 Å². The van der Waals surface area contributed by atoms with Crippen molar-refractivity contribution in [1.29, 1.82) is 0 Å². The molecule has 0 aliphatic carbocycles. The Morgan fingerprint density at radius 1 is 1.06 bits per heavy atom. The maximum absolute atomic E-state index is 4.56. The minimum Gasteiger partial charge on any atom is -0.251 e. The van der Waals surface area contributed by atoms with Crippen LogP contribution in [0.5, 0.6) is 0 Å². The van der Waals surface area contributed by atoms with Crippen molar-refractivity contribution in [2.75, 3.05) is 0 Å². The SMILES string of the molecule is c1ccc2nc(Cn3ccnn3)ccc2c1. The first-order chi connectivity index (χ1) is 7.92. The number of hydrogen-bond donors (Lipinski definition) is 0. The molecule has 0 aliphatic rings. The highest BCUT2D eigenvalue weighted by Crippen LogP contribution is 2.12. The van der Waals surface area contributed by atoms with Gasteiger partial charge >= 0.3 is 0 Å². The van der Waals surface area contributed by atoms with Gasteiger partial charge in [0.2, 0.25) is 0 Å². The fourth-order valence-electron chi connectivity index (χ4n) is 1.68. The molecule has 0 spiro atoms. The van der Waals surface area contributed by atoms with E-state index >= 15 is 0 Å². The molecule has 3 aromatic rings. The fraction of sp³-hybridized carbons (Fsp3) is 0.0833. The molecule has 2 aromatic heterocycles. The van der Waals surface area contributed by atoms with Crippen LogP contribution in [0.1, 0.15) is 5.69 Å². The van der Waals surface area contributed by atoms with Crippen LogP contribution in [0.4, 0.5) is 0 Å². The van der Waals surface area contributed by atoms with E-state index in [9.17, 15) is 0 Å². The summed E-state index contributed by atoms with van der Waals surface area (Å²) in [5.74, 6) is 0. The molecule has 0 N–H and O–H groups in total. The molecule has 4 nitrogen and oxygen atoms in total. The van der Waals surface area contributed by atoms with Crippen LogP contribution < -0.4 is 0 Å². The highest BCUT2D eigenvalue weighted by Gasteiger charge is 1.99. The Morgan fingerprint density at radius 2 is 2.00 bits per heavy atom. The number of aromatic nitrogens is 4. The lowest BCUT2D eigenvalue weighted by molar-refractivity contribution is 0.640. The summed E-state index contributed by atoms with van der Waals surface area (Å²) in [7, 11) is 0. The predicted octanol–water partition coefficient (Wildman–Crippen LogP) is 1.87. The van der Waals surface area contributed by atoms with Crippen molar-refractivity contribution in [2.24, 2.45) is 0 Å². The molecule has 4 heteroatoms. The van der Waals surface area contributed by atoms with Crippen LogP contribution in [-0.2, 0) is 6.54 Å². The van der Waals surface area contributed by atoms with Crippen LogP contribution in [0.15, 0.2) is 48.8 Å². The van der Waals surface area contributed by atoms with Crippen molar-refractivity contribution in [1.82, 2.24) is 20.0 Å². The van der Waals surface area contributed by atoms with Crippen LogP contribution in [0.2, 0.25) is 0 Å². The summed E-state index contributed by atoms with van der Waals surface area (Å²) in [6, 6.07) is 12.2. The minimum absolute atomic E-state index is 0.658. The Morgan fingerprint density at radius 3 is 2.88 bits per heavy atom. The van der Waals surface area contributed by atoms with E-state index in [0.29, 0.717) is 6.54 Å². The van der Waals surface area contributed by atoms with Crippen molar-refractivity contribution in [3.63, 3.8) is 0 Å². The van der Waals surface area contributed by atoms with Gasteiger partial charge in [0.15, 0.2) is 0 Å². The summed E-state index contributed by atoms with van der Waals surface area (Å²) in [6.07, 6.45) is 3.50. The molecule has 0 bridgehead atoms. The maximum atomic E-state index is 4.56. The summed E-state index contributed by atoms with van der Waals surface area (Å²) in [4.78, 5) is 4.56. The number of benzene rings is 1. The van der Waals surface area contributed by atoms with Gasteiger partial charge in [0.25, 0.3) is 0 Å². The number of para-hydroxylation sites is 1. The van der Waals surface area contributed by atoms with Gasteiger partial charge in [0.1, 0.15) is 0 Å². The van der Waals surface area contributed by atoms with E-state index in [1.807, 2.05) is 30.5 Å². The molecular weight excluding hydrogens is 200 g/mol. The zero-order valence-corrected chi connectivity index (χ0v) is 8.61. The molecule has 78 valence electrons. The fourth-order valence-corrected chi connectivity index (χ4v) is 1.68. The minimum atomic E-state index is 0.658. The Balaban J connectivity index is 1.99.